The summed E-state index contributed by atoms with van der Waals surface area (Å²) in [5, 5.41) is 0. The quantitative estimate of drug-likeness (QED) is 0.683. The van der Waals surface area contributed by atoms with Crippen LogP contribution in [0.5, 0.6) is 0 Å². The Balaban J connectivity index is 4.15. The van der Waals surface area contributed by atoms with Crippen molar-refractivity contribution in [2.24, 2.45) is 11.7 Å². The predicted molar refractivity (Wildman–Crippen MR) is 50.7 cm³/mol. The standard InChI is InChI=1S/C9H20N2O/c1-5-8(6-10)11(4)9(12)7(2)3/h7-8H,5-6,10H2,1-4H3. The highest BCUT2D eigenvalue weighted by molar-refractivity contribution is 5.78. The SMILES string of the molecule is CCC(CN)N(C)C(=O)C(C)C. The Morgan fingerprint density at radius 1 is 1.50 bits per heavy atom. The van der Waals surface area contributed by atoms with Crippen molar-refractivity contribution in [3.8, 4) is 0 Å². The molecule has 0 aromatic rings. The van der Waals surface area contributed by atoms with E-state index in [0.29, 0.717) is 6.54 Å². The van der Waals surface area contributed by atoms with Gasteiger partial charge >= 0.3 is 0 Å². The van der Waals surface area contributed by atoms with E-state index in [1.54, 1.807) is 4.90 Å². The van der Waals surface area contributed by atoms with Crippen LogP contribution in [-0.4, -0.2) is 30.4 Å². The molecule has 0 aromatic carbocycles. The highest BCUT2D eigenvalue weighted by atomic mass is 16.2. The maximum atomic E-state index is 11.5. The summed E-state index contributed by atoms with van der Waals surface area (Å²) >= 11 is 0. The van der Waals surface area contributed by atoms with Gasteiger partial charge in [-0.05, 0) is 6.42 Å². The second kappa shape index (κ2) is 5.14. The molecule has 12 heavy (non-hydrogen) atoms. The smallest absolute Gasteiger partial charge is 0.225 e. The average Bonchev–Trinajstić information content (AvgIpc) is 2.05. The summed E-state index contributed by atoms with van der Waals surface area (Å²) in [4.78, 5) is 13.2. The summed E-state index contributed by atoms with van der Waals surface area (Å²) in [5.41, 5.74) is 5.53. The van der Waals surface area contributed by atoms with Crippen molar-refractivity contribution < 1.29 is 4.79 Å². The Morgan fingerprint density at radius 3 is 2.25 bits per heavy atom. The molecule has 0 bridgehead atoms. The van der Waals surface area contributed by atoms with Crippen LogP contribution in [0.3, 0.4) is 0 Å². The molecule has 3 nitrogen and oxygen atoms in total. The lowest BCUT2D eigenvalue weighted by molar-refractivity contribution is -0.135. The number of hydrogen-bond acceptors (Lipinski definition) is 2. The molecular weight excluding hydrogens is 152 g/mol. The zero-order chi connectivity index (χ0) is 9.72. The second-order valence-corrected chi connectivity index (χ2v) is 3.40. The fourth-order valence-corrected chi connectivity index (χ4v) is 1.19. The molecule has 0 aliphatic carbocycles. The predicted octanol–water partition coefficient (Wildman–Crippen LogP) is 0.838. The van der Waals surface area contributed by atoms with Crippen LogP contribution in [0.2, 0.25) is 0 Å². The van der Waals surface area contributed by atoms with Crippen LogP contribution in [-0.2, 0) is 4.79 Å². The number of hydrogen-bond donors (Lipinski definition) is 1. The third-order valence-corrected chi connectivity index (χ3v) is 2.13. The van der Waals surface area contributed by atoms with E-state index in [0.717, 1.165) is 6.42 Å². The van der Waals surface area contributed by atoms with Gasteiger partial charge < -0.3 is 10.6 Å². The largest absolute Gasteiger partial charge is 0.341 e. The molecule has 0 radical (unpaired) electrons. The Kier molecular flexibility index (Phi) is 4.90. The van der Waals surface area contributed by atoms with Crippen molar-refractivity contribution in [2.75, 3.05) is 13.6 Å². The summed E-state index contributed by atoms with van der Waals surface area (Å²) in [6, 6.07) is 0.194. The van der Waals surface area contributed by atoms with E-state index < -0.39 is 0 Å². The van der Waals surface area contributed by atoms with Gasteiger partial charge in [0.25, 0.3) is 0 Å². The molecule has 0 saturated carbocycles. The number of nitrogens with two attached hydrogens (primary N) is 1. The van der Waals surface area contributed by atoms with Gasteiger partial charge in [0.15, 0.2) is 0 Å². The monoisotopic (exact) mass is 172 g/mol. The van der Waals surface area contributed by atoms with Crippen LogP contribution >= 0.6 is 0 Å². The molecule has 0 aliphatic heterocycles. The summed E-state index contributed by atoms with van der Waals surface area (Å²) in [6.45, 7) is 6.40. The maximum absolute atomic E-state index is 11.5. The fraction of sp³-hybridized carbons (Fsp3) is 0.889. The molecule has 0 saturated heterocycles. The van der Waals surface area contributed by atoms with Crippen molar-refractivity contribution in [1.29, 1.82) is 0 Å². The molecule has 0 heterocycles. The van der Waals surface area contributed by atoms with Gasteiger partial charge in [-0.2, -0.15) is 0 Å². The number of amides is 1. The van der Waals surface area contributed by atoms with E-state index in [1.165, 1.54) is 0 Å². The van der Waals surface area contributed by atoms with Crippen LogP contribution in [0.4, 0.5) is 0 Å². The lowest BCUT2D eigenvalue weighted by Crippen LogP contribution is -2.43. The number of carbonyl (C=O) groups is 1. The van der Waals surface area contributed by atoms with Gasteiger partial charge in [-0.1, -0.05) is 20.8 Å². The Morgan fingerprint density at radius 2 is 2.00 bits per heavy atom. The van der Waals surface area contributed by atoms with Gasteiger partial charge in [-0.15, -0.1) is 0 Å². The van der Waals surface area contributed by atoms with Gasteiger partial charge in [0.05, 0.1) is 0 Å². The van der Waals surface area contributed by atoms with E-state index in [2.05, 4.69) is 0 Å². The first kappa shape index (κ1) is 11.4. The highest BCUT2D eigenvalue weighted by Crippen LogP contribution is 2.05. The van der Waals surface area contributed by atoms with Gasteiger partial charge in [0, 0.05) is 25.6 Å². The second-order valence-electron chi connectivity index (χ2n) is 3.40. The Hall–Kier alpha value is -0.570. The minimum absolute atomic E-state index is 0.0654. The lowest BCUT2D eigenvalue weighted by Gasteiger charge is -2.27. The first-order chi connectivity index (χ1) is 5.54. The summed E-state index contributed by atoms with van der Waals surface area (Å²) in [6.07, 6.45) is 0.922. The van der Waals surface area contributed by atoms with Crippen LogP contribution in [0.25, 0.3) is 0 Å². The Bertz CT molecular complexity index is 141. The maximum Gasteiger partial charge on any atom is 0.225 e. The van der Waals surface area contributed by atoms with Gasteiger partial charge in [0.2, 0.25) is 5.91 Å². The van der Waals surface area contributed by atoms with Crippen LogP contribution in [0.15, 0.2) is 0 Å². The van der Waals surface area contributed by atoms with Crippen molar-refractivity contribution in [3.63, 3.8) is 0 Å². The summed E-state index contributed by atoms with van der Waals surface area (Å²) < 4.78 is 0. The number of rotatable bonds is 4. The van der Waals surface area contributed by atoms with Gasteiger partial charge in [-0.3, -0.25) is 4.79 Å². The molecular formula is C9H20N2O. The molecule has 0 rings (SSSR count). The molecule has 1 unspecified atom stereocenters. The zero-order valence-corrected chi connectivity index (χ0v) is 8.50. The van der Waals surface area contributed by atoms with Crippen molar-refractivity contribution >= 4 is 5.91 Å². The lowest BCUT2D eigenvalue weighted by atomic mass is 10.1. The van der Waals surface area contributed by atoms with Gasteiger partial charge in [0.1, 0.15) is 0 Å². The molecule has 0 aromatic heterocycles. The zero-order valence-electron chi connectivity index (χ0n) is 8.50. The highest BCUT2D eigenvalue weighted by Gasteiger charge is 2.18. The normalized spacial score (nSPS) is 13.2. The van der Waals surface area contributed by atoms with Crippen molar-refractivity contribution in [2.45, 2.75) is 33.2 Å². The molecule has 1 atom stereocenters. The summed E-state index contributed by atoms with van der Waals surface area (Å²) in [5.74, 6) is 0.239. The summed E-state index contributed by atoms with van der Waals surface area (Å²) in [7, 11) is 1.82. The van der Waals surface area contributed by atoms with E-state index >= 15 is 0 Å². The molecule has 0 fully saturated rings. The number of carbonyl (C=O) groups excluding carboxylic acids is 1. The molecule has 0 aliphatic rings. The van der Waals surface area contributed by atoms with Crippen LogP contribution < -0.4 is 5.73 Å². The number of nitrogens with zero attached hydrogens (tertiary/aromatic N) is 1. The topological polar surface area (TPSA) is 46.3 Å². The van der Waals surface area contributed by atoms with Crippen molar-refractivity contribution in [3.05, 3.63) is 0 Å². The van der Waals surface area contributed by atoms with E-state index in [4.69, 9.17) is 5.73 Å². The molecule has 72 valence electrons. The van der Waals surface area contributed by atoms with Crippen molar-refractivity contribution in [1.82, 2.24) is 4.90 Å². The fourth-order valence-electron chi connectivity index (χ4n) is 1.19. The first-order valence-corrected chi connectivity index (χ1v) is 4.51. The molecule has 0 spiro atoms. The number of likely N-dealkylation sites (N-methyl/N-ethyl adjacent to an activating group) is 1. The third-order valence-electron chi connectivity index (χ3n) is 2.13. The van der Waals surface area contributed by atoms with E-state index in [1.807, 2.05) is 27.8 Å². The van der Waals surface area contributed by atoms with Crippen LogP contribution in [0.1, 0.15) is 27.2 Å². The minimum atomic E-state index is 0.0654. The van der Waals surface area contributed by atoms with E-state index in [-0.39, 0.29) is 17.9 Å². The van der Waals surface area contributed by atoms with Gasteiger partial charge in [-0.25, -0.2) is 0 Å². The Labute approximate surface area is 74.9 Å². The molecule has 3 heteroatoms. The average molecular weight is 172 g/mol. The minimum Gasteiger partial charge on any atom is -0.341 e. The molecule has 1 amide bonds. The first-order valence-electron chi connectivity index (χ1n) is 4.51. The third kappa shape index (κ3) is 2.81. The van der Waals surface area contributed by atoms with E-state index in [9.17, 15) is 4.79 Å². The van der Waals surface area contributed by atoms with Crippen LogP contribution in [0, 0.1) is 5.92 Å². The molecule has 2 N–H and O–H groups in total.